The molecule has 8 heteroatoms. The maximum atomic E-state index is 13.6. The number of aromatic nitrogens is 2. The largest absolute Gasteiger partial charge is 0.337 e. The van der Waals surface area contributed by atoms with Crippen molar-refractivity contribution in [2.75, 3.05) is 18.4 Å². The van der Waals surface area contributed by atoms with Crippen LogP contribution in [0.3, 0.4) is 0 Å². The summed E-state index contributed by atoms with van der Waals surface area (Å²) in [7, 11) is 0. The van der Waals surface area contributed by atoms with Crippen LogP contribution in [-0.2, 0) is 0 Å². The van der Waals surface area contributed by atoms with Crippen LogP contribution in [0.2, 0.25) is 0 Å². The van der Waals surface area contributed by atoms with Gasteiger partial charge < -0.3 is 10.2 Å². The summed E-state index contributed by atoms with van der Waals surface area (Å²) in [6, 6.07) is 4.74. The highest BCUT2D eigenvalue weighted by Gasteiger charge is 2.17. The summed E-state index contributed by atoms with van der Waals surface area (Å²) in [5.74, 6) is -4.32. The first kappa shape index (κ1) is 18.7. The van der Waals surface area contributed by atoms with Crippen LogP contribution in [0.25, 0.3) is 0 Å². The molecule has 1 aromatic carbocycles. The standard InChI is InChI=1S/C17H19F3N4O/c1-3-9-24(10-4-2)17(25)13-7-8-14(23-22-13)21-12-6-5-11(18)15(19)16(12)20/h5-8H,3-4,9-10H2,1-2H3,(H,21,23). The second kappa shape index (κ2) is 8.46. The Morgan fingerprint density at radius 2 is 1.68 bits per heavy atom. The number of nitrogens with zero attached hydrogens (tertiary/aromatic N) is 3. The van der Waals surface area contributed by atoms with Gasteiger partial charge in [-0.1, -0.05) is 13.8 Å². The number of anilines is 2. The molecule has 1 N–H and O–H groups in total. The lowest BCUT2D eigenvalue weighted by atomic mass is 10.2. The molecule has 5 nitrogen and oxygen atoms in total. The summed E-state index contributed by atoms with van der Waals surface area (Å²) in [5, 5.41) is 10.1. The van der Waals surface area contributed by atoms with Crippen molar-refractivity contribution in [1.29, 1.82) is 0 Å². The SMILES string of the molecule is CCCN(CCC)C(=O)c1ccc(Nc2ccc(F)c(F)c2F)nn1. The van der Waals surface area contributed by atoms with E-state index in [0.29, 0.717) is 13.1 Å². The van der Waals surface area contributed by atoms with Crippen molar-refractivity contribution in [3.63, 3.8) is 0 Å². The second-order valence-corrected chi connectivity index (χ2v) is 5.44. The second-order valence-electron chi connectivity index (χ2n) is 5.44. The van der Waals surface area contributed by atoms with E-state index < -0.39 is 17.5 Å². The first-order chi connectivity index (χ1) is 12.0. The van der Waals surface area contributed by atoms with Gasteiger partial charge in [-0.25, -0.2) is 13.2 Å². The van der Waals surface area contributed by atoms with Gasteiger partial charge in [-0.05, 0) is 37.1 Å². The third-order valence-corrected chi connectivity index (χ3v) is 3.46. The van der Waals surface area contributed by atoms with Gasteiger partial charge in [0.1, 0.15) is 0 Å². The molecule has 0 radical (unpaired) electrons. The minimum absolute atomic E-state index is 0.110. The molecule has 1 amide bonds. The van der Waals surface area contributed by atoms with E-state index in [1.54, 1.807) is 4.90 Å². The molecule has 0 aliphatic heterocycles. The molecule has 1 heterocycles. The molecule has 1 aromatic heterocycles. The van der Waals surface area contributed by atoms with E-state index in [1.165, 1.54) is 12.1 Å². The van der Waals surface area contributed by atoms with Crippen LogP contribution in [0.15, 0.2) is 24.3 Å². The third-order valence-electron chi connectivity index (χ3n) is 3.46. The van der Waals surface area contributed by atoms with Crippen molar-refractivity contribution in [2.24, 2.45) is 0 Å². The molecule has 0 spiro atoms. The molecule has 0 fully saturated rings. The first-order valence-corrected chi connectivity index (χ1v) is 8.01. The molecular weight excluding hydrogens is 333 g/mol. The Morgan fingerprint density at radius 3 is 2.24 bits per heavy atom. The summed E-state index contributed by atoms with van der Waals surface area (Å²) >= 11 is 0. The fourth-order valence-electron chi connectivity index (χ4n) is 2.29. The molecule has 0 unspecified atom stereocenters. The van der Waals surface area contributed by atoms with Crippen molar-refractivity contribution in [1.82, 2.24) is 15.1 Å². The topological polar surface area (TPSA) is 58.1 Å². The molecule has 134 valence electrons. The number of carbonyl (C=O) groups is 1. The van der Waals surface area contributed by atoms with Crippen LogP contribution in [-0.4, -0.2) is 34.1 Å². The predicted octanol–water partition coefficient (Wildman–Crippen LogP) is 3.90. The number of carbonyl (C=O) groups excluding carboxylic acids is 1. The van der Waals surface area contributed by atoms with Crippen LogP contribution in [0.5, 0.6) is 0 Å². The molecule has 25 heavy (non-hydrogen) atoms. The monoisotopic (exact) mass is 352 g/mol. The third kappa shape index (κ3) is 4.46. The fraction of sp³-hybridized carbons (Fsp3) is 0.353. The maximum Gasteiger partial charge on any atom is 0.274 e. The summed E-state index contributed by atoms with van der Waals surface area (Å²) in [4.78, 5) is 14.1. The van der Waals surface area contributed by atoms with Gasteiger partial charge in [0.05, 0.1) is 5.69 Å². The Hall–Kier alpha value is -2.64. The molecule has 0 saturated carbocycles. The molecule has 0 aliphatic rings. The Kier molecular flexibility index (Phi) is 6.32. The van der Waals surface area contributed by atoms with E-state index in [1.807, 2.05) is 13.8 Å². The summed E-state index contributed by atoms with van der Waals surface area (Å²) < 4.78 is 39.8. The van der Waals surface area contributed by atoms with Crippen LogP contribution in [0.4, 0.5) is 24.7 Å². The lowest BCUT2D eigenvalue weighted by molar-refractivity contribution is 0.0748. The zero-order valence-corrected chi connectivity index (χ0v) is 14.0. The Morgan fingerprint density at radius 1 is 1.00 bits per heavy atom. The van der Waals surface area contributed by atoms with Gasteiger partial charge in [0.25, 0.3) is 5.91 Å². The van der Waals surface area contributed by atoms with E-state index in [9.17, 15) is 18.0 Å². The Bertz CT molecular complexity index is 731. The summed E-state index contributed by atoms with van der Waals surface area (Å²) in [5.41, 5.74) is -0.107. The number of hydrogen-bond acceptors (Lipinski definition) is 4. The zero-order valence-electron chi connectivity index (χ0n) is 14.0. The highest BCUT2D eigenvalue weighted by Crippen LogP contribution is 2.22. The lowest BCUT2D eigenvalue weighted by Crippen LogP contribution is -2.33. The smallest absolute Gasteiger partial charge is 0.274 e. The highest BCUT2D eigenvalue weighted by atomic mass is 19.2. The Labute approximate surface area is 143 Å². The number of rotatable bonds is 7. The highest BCUT2D eigenvalue weighted by molar-refractivity contribution is 5.92. The first-order valence-electron chi connectivity index (χ1n) is 8.01. The van der Waals surface area contributed by atoms with Crippen molar-refractivity contribution < 1.29 is 18.0 Å². The molecule has 2 aromatic rings. The van der Waals surface area contributed by atoms with Crippen LogP contribution in [0, 0.1) is 17.5 Å². The summed E-state index contributed by atoms with van der Waals surface area (Å²) in [6.07, 6.45) is 1.66. The van der Waals surface area contributed by atoms with Crippen LogP contribution in [0.1, 0.15) is 37.2 Å². The number of halogens is 3. The summed E-state index contributed by atoms with van der Waals surface area (Å²) in [6.45, 7) is 5.19. The molecule has 0 aliphatic carbocycles. The number of amides is 1. The molecule has 2 rings (SSSR count). The van der Waals surface area contributed by atoms with Gasteiger partial charge in [0, 0.05) is 13.1 Å². The van der Waals surface area contributed by atoms with E-state index in [2.05, 4.69) is 15.5 Å². The predicted molar refractivity (Wildman–Crippen MR) is 88.1 cm³/mol. The normalized spacial score (nSPS) is 10.6. The van der Waals surface area contributed by atoms with Crippen molar-refractivity contribution >= 4 is 17.4 Å². The van der Waals surface area contributed by atoms with Gasteiger partial charge in [-0.3, -0.25) is 4.79 Å². The van der Waals surface area contributed by atoms with Crippen LogP contribution >= 0.6 is 0 Å². The van der Waals surface area contributed by atoms with Crippen molar-refractivity contribution in [3.8, 4) is 0 Å². The molecule has 0 saturated heterocycles. The van der Waals surface area contributed by atoms with E-state index in [0.717, 1.165) is 25.0 Å². The number of nitrogens with one attached hydrogen (secondary N) is 1. The maximum absolute atomic E-state index is 13.6. The van der Waals surface area contributed by atoms with Gasteiger partial charge >= 0.3 is 0 Å². The average Bonchev–Trinajstić information content (AvgIpc) is 2.62. The van der Waals surface area contributed by atoms with Gasteiger partial charge in [-0.2, -0.15) is 0 Å². The van der Waals surface area contributed by atoms with Crippen molar-refractivity contribution in [2.45, 2.75) is 26.7 Å². The number of benzene rings is 1. The van der Waals surface area contributed by atoms with E-state index in [4.69, 9.17) is 0 Å². The van der Waals surface area contributed by atoms with Gasteiger partial charge in [0.15, 0.2) is 29.0 Å². The van der Waals surface area contributed by atoms with Crippen LogP contribution < -0.4 is 5.32 Å². The van der Waals surface area contributed by atoms with E-state index in [-0.39, 0.29) is 23.1 Å². The molecule has 0 atom stereocenters. The quantitative estimate of drug-likeness (QED) is 0.768. The lowest BCUT2D eigenvalue weighted by Gasteiger charge is -2.20. The van der Waals surface area contributed by atoms with Gasteiger partial charge in [-0.15, -0.1) is 10.2 Å². The molecule has 0 bridgehead atoms. The number of hydrogen-bond donors (Lipinski definition) is 1. The molecular formula is C17H19F3N4O. The van der Waals surface area contributed by atoms with Gasteiger partial charge in [0.2, 0.25) is 0 Å². The van der Waals surface area contributed by atoms with E-state index >= 15 is 0 Å². The average molecular weight is 352 g/mol. The minimum Gasteiger partial charge on any atom is -0.337 e. The Balaban J connectivity index is 2.14. The fourth-order valence-corrected chi connectivity index (χ4v) is 2.29. The minimum atomic E-state index is -1.57. The zero-order chi connectivity index (χ0) is 18.4. The van der Waals surface area contributed by atoms with Crippen molar-refractivity contribution in [3.05, 3.63) is 47.4 Å².